The topological polar surface area (TPSA) is 65.0 Å². The summed E-state index contributed by atoms with van der Waals surface area (Å²) >= 11 is 0. The maximum absolute atomic E-state index is 11.3. The first-order valence-corrected chi connectivity index (χ1v) is 12.7. The van der Waals surface area contributed by atoms with Crippen molar-refractivity contribution in [2.24, 2.45) is 23.7 Å². The van der Waals surface area contributed by atoms with E-state index in [2.05, 4.69) is 30.4 Å². The number of esters is 1. The Morgan fingerprint density at radius 1 is 1.25 bits per heavy atom. The number of carbonyl (C=O) groups excluding carboxylic acids is 1. The second-order valence-corrected chi connectivity index (χ2v) is 9.99. The lowest BCUT2D eigenvalue weighted by Crippen LogP contribution is -2.31. The van der Waals surface area contributed by atoms with E-state index < -0.39 is 0 Å². The molecule has 0 bridgehead atoms. The van der Waals surface area contributed by atoms with Gasteiger partial charge in [0.2, 0.25) is 0 Å². The Balaban J connectivity index is 1.39. The van der Waals surface area contributed by atoms with Crippen LogP contribution in [0.1, 0.15) is 70.6 Å². The van der Waals surface area contributed by atoms with Crippen LogP contribution in [-0.2, 0) is 19.0 Å². The van der Waals surface area contributed by atoms with Crippen LogP contribution in [-0.4, -0.2) is 43.3 Å². The minimum absolute atomic E-state index is 0.0788. The Labute approximate surface area is 192 Å². The molecule has 6 atom stereocenters. The lowest BCUT2D eigenvalue weighted by Gasteiger charge is -2.29. The smallest absolute Gasteiger partial charge is 0.305 e. The minimum Gasteiger partial charge on any atom is -0.469 e. The van der Waals surface area contributed by atoms with Gasteiger partial charge in [0.25, 0.3) is 0 Å². The van der Waals surface area contributed by atoms with Gasteiger partial charge in [-0.05, 0) is 69.1 Å². The van der Waals surface area contributed by atoms with Gasteiger partial charge in [-0.25, -0.2) is 0 Å². The highest BCUT2D eigenvalue weighted by Crippen LogP contribution is 2.49. The molecule has 4 rings (SSSR count). The number of aliphatic hydroxyl groups excluding tert-OH is 1. The van der Waals surface area contributed by atoms with Crippen LogP contribution in [0.25, 0.3) is 0 Å². The van der Waals surface area contributed by atoms with Crippen molar-refractivity contribution in [2.75, 3.05) is 13.7 Å². The summed E-state index contributed by atoms with van der Waals surface area (Å²) in [5.41, 5.74) is 1.35. The van der Waals surface area contributed by atoms with Crippen LogP contribution in [0.15, 0.2) is 36.0 Å². The Kier molecular flexibility index (Phi) is 8.62. The first-order valence-electron chi connectivity index (χ1n) is 12.7. The van der Waals surface area contributed by atoms with Crippen molar-refractivity contribution in [3.8, 4) is 0 Å². The highest BCUT2D eigenvalue weighted by atomic mass is 16.7. The Morgan fingerprint density at radius 3 is 2.81 bits per heavy atom. The Hall–Kier alpha value is -1.43. The van der Waals surface area contributed by atoms with Crippen LogP contribution in [0.4, 0.5) is 0 Å². The molecule has 0 aromatic carbocycles. The van der Waals surface area contributed by atoms with Crippen molar-refractivity contribution in [1.82, 2.24) is 0 Å². The summed E-state index contributed by atoms with van der Waals surface area (Å²) in [6.07, 6.45) is 21.9. The average molecular weight is 445 g/mol. The molecule has 0 radical (unpaired) electrons. The average Bonchev–Trinajstić information content (AvgIpc) is 3.53. The number of aliphatic hydroxyl groups is 1. The molecule has 1 heterocycles. The highest BCUT2D eigenvalue weighted by molar-refractivity contribution is 5.69. The Bertz CT molecular complexity index is 699. The molecule has 3 fully saturated rings. The number of rotatable bonds is 9. The summed E-state index contributed by atoms with van der Waals surface area (Å²) in [6.45, 7) is 0.797. The lowest BCUT2D eigenvalue weighted by molar-refractivity contribution is -0.192. The van der Waals surface area contributed by atoms with Crippen molar-refractivity contribution in [3.05, 3.63) is 36.0 Å². The second-order valence-electron chi connectivity index (χ2n) is 9.99. The van der Waals surface area contributed by atoms with Crippen molar-refractivity contribution >= 4 is 5.97 Å². The van der Waals surface area contributed by atoms with E-state index in [1.165, 1.54) is 31.9 Å². The Morgan fingerprint density at radius 2 is 2.06 bits per heavy atom. The van der Waals surface area contributed by atoms with Gasteiger partial charge in [-0.2, -0.15) is 0 Å². The molecule has 0 amide bonds. The van der Waals surface area contributed by atoms with E-state index in [9.17, 15) is 9.90 Å². The SMILES string of the molecule is COC(=O)CCC=CC1=C[C@H]2C[C@@H](OC3CCCCO3)[C@@H](/C=C\C(O)C3CCCC3)[C@H]2C1. The van der Waals surface area contributed by atoms with Crippen LogP contribution in [0.2, 0.25) is 0 Å². The first kappa shape index (κ1) is 23.7. The summed E-state index contributed by atoms with van der Waals surface area (Å²) in [6, 6.07) is 0. The zero-order valence-corrected chi connectivity index (χ0v) is 19.5. The van der Waals surface area contributed by atoms with E-state index in [1.807, 2.05) is 0 Å². The molecule has 0 aromatic rings. The minimum atomic E-state index is -0.338. The largest absolute Gasteiger partial charge is 0.469 e. The third kappa shape index (κ3) is 6.12. The molecule has 32 heavy (non-hydrogen) atoms. The summed E-state index contributed by atoms with van der Waals surface area (Å²) in [5, 5.41) is 10.7. The van der Waals surface area contributed by atoms with Gasteiger partial charge >= 0.3 is 5.97 Å². The number of hydrogen-bond donors (Lipinski definition) is 1. The number of hydrogen-bond acceptors (Lipinski definition) is 5. The maximum Gasteiger partial charge on any atom is 0.305 e. The van der Waals surface area contributed by atoms with Gasteiger partial charge in [0.15, 0.2) is 6.29 Å². The molecule has 1 N–H and O–H groups in total. The highest BCUT2D eigenvalue weighted by Gasteiger charge is 2.45. The van der Waals surface area contributed by atoms with Gasteiger partial charge in [0.05, 0.1) is 19.3 Å². The lowest BCUT2D eigenvalue weighted by atomic mass is 9.88. The van der Waals surface area contributed by atoms with Crippen LogP contribution >= 0.6 is 0 Å². The van der Waals surface area contributed by atoms with E-state index in [0.717, 1.165) is 45.1 Å². The predicted octanol–water partition coefficient (Wildman–Crippen LogP) is 5.10. The molecule has 4 aliphatic rings. The van der Waals surface area contributed by atoms with Gasteiger partial charge in [-0.15, -0.1) is 0 Å². The summed E-state index contributed by atoms with van der Waals surface area (Å²) in [5.74, 6) is 1.57. The molecule has 2 unspecified atom stereocenters. The van der Waals surface area contributed by atoms with E-state index in [-0.39, 0.29) is 24.5 Å². The van der Waals surface area contributed by atoms with Gasteiger partial charge in [-0.3, -0.25) is 4.79 Å². The molecule has 1 saturated heterocycles. The van der Waals surface area contributed by atoms with Crippen LogP contribution in [0.5, 0.6) is 0 Å². The second kappa shape index (κ2) is 11.6. The van der Waals surface area contributed by atoms with Gasteiger partial charge in [0.1, 0.15) is 0 Å². The quantitative estimate of drug-likeness (QED) is 0.396. The third-order valence-corrected chi connectivity index (χ3v) is 7.83. The fraction of sp³-hybridized carbons (Fsp3) is 0.741. The number of fused-ring (bicyclic) bond motifs is 1. The molecule has 0 spiro atoms. The molecule has 3 aliphatic carbocycles. The fourth-order valence-electron chi connectivity index (χ4n) is 6.04. The van der Waals surface area contributed by atoms with Crippen molar-refractivity contribution in [1.29, 1.82) is 0 Å². The number of ether oxygens (including phenoxy) is 3. The molecule has 5 heteroatoms. The summed E-state index contributed by atoms with van der Waals surface area (Å²) in [7, 11) is 1.43. The molecular formula is C27H40O5. The van der Waals surface area contributed by atoms with Gasteiger partial charge < -0.3 is 19.3 Å². The molecule has 2 saturated carbocycles. The first-order chi connectivity index (χ1) is 15.6. The predicted molar refractivity (Wildman–Crippen MR) is 124 cm³/mol. The van der Waals surface area contributed by atoms with Crippen LogP contribution < -0.4 is 0 Å². The van der Waals surface area contributed by atoms with Crippen LogP contribution in [0, 0.1) is 23.7 Å². The molecule has 1 aliphatic heterocycles. The van der Waals surface area contributed by atoms with Crippen molar-refractivity contribution in [3.63, 3.8) is 0 Å². The molecule has 5 nitrogen and oxygen atoms in total. The standard InChI is InChI=1S/C27H40O5/c1-30-26(29)11-5-2-8-19-16-21-18-25(32-27-12-6-7-15-31-27)22(23(21)17-19)13-14-24(28)20-9-3-4-10-20/h2,8,13-14,16,20-25,27-28H,3-7,9-12,15,17-18H2,1H3/b8-2?,14-13-/t21-,22-,23-,24?,25+,27?/m0/s1. The number of allylic oxidation sites excluding steroid dienone is 4. The molecule has 178 valence electrons. The molecular weight excluding hydrogens is 404 g/mol. The van der Waals surface area contributed by atoms with Crippen LogP contribution in [0.3, 0.4) is 0 Å². The van der Waals surface area contributed by atoms with Crippen molar-refractivity contribution < 1.29 is 24.1 Å². The fourth-order valence-corrected chi connectivity index (χ4v) is 6.04. The molecule has 0 aromatic heterocycles. The van der Waals surface area contributed by atoms with E-state index in [1.54, 1.807) is 0 Å². The normalized spacial score (nSPS) is 34.3. The van der Waals surface area contributed by atoms with Gasteiger partial charge in [-0.1, -0.05) is 48.8 Å². The van der Waals surface area contributed by atoms with Gasteiger partial charge in [0, 0.05) is 18.9 Å². The number of carbonyl (C=O) groups is 1. The summed E-state index contributed by atoms with van der Waals surface area (Å²) < 4.78 is 17.1. The van der Waals surface area contributed by atoms with E-state index in [4.69, 9.17) is 14.2 Å². The zero-order chi connectivity index (χ0) is 22.3. The van der Waals surface area contributed by atoms with Crippen molar-refractivity contribution in [2.45, 2.75) is 89.1 Å². The maximum atomic E-state index is 11.3. The monoisotopic (exact) mass is 444 g/mol. The zero-order valence-electron chi connectivity index (χ0n) is 19.5. The van der Waals surface area contributed by atoms with E-state index >= 15 is 0 Å². The third-order valence-electron chi connectivity index (χ3n) is 7.83. The van der Waals surface area contributed by atoms with E-state index in [0.29, 0.717) is 36.5 Å². The number of methoxy groups -OCH3 is 1. The summed E-state index contributed by atoms with van der Waals surface area (Å²) in [4.78, 5) is 11.3.